The molecule has 0 aliphatic heterocycles. The predicted octanol–water partition coefficient (Wildman–Crippen LogP) is 1.29. The van der Waals surface area contributed by atoms with E-state index in [0.29, 0.717) is 5.69 Å². The van der Waals surface area contributed by atoms with Crippen molar-refractivity contribution in [3.05, 3.63) is 59.8 Å². The van der Waals surface area contributed by atoms with Crippen LogP contribution in [0, 0.1) is 0 Å². The average Bonchev–Trinajstić information content (AvgIpc) is 2.76. The van der Waals surface area contributed by atoms with Crippen LogP contribution >= 0.6 is 0 Å². The van der Waals surface area contributed by atoms with Gasteiger partial charge in [0.1, 0.15) is 0 Å². The number of aromatic amines is 1. The highest BCUT2D eigenvalue weighted by atomic mass is 16.1. The molecule has 2 rings (SSSR count). The van der Waals surface area contributed by atoms with E-state index in [2.05, 4.69) is 16.9 Å². The summed E-state index contributed by atoms with van der Waals surface area (Å²) >= 11 is 0. The van der Waals surface area contributed by atoms with Crippen LogP contribution in [0.1, 0.15) is 0 Å². The van der Waals surface area contributed by atoms with Gasteiger partial charge < -0.3 is 10.3 Å². The Balaban J connectivity index is 2.25. The Hall–Kier alpha value is -2.56. The standard InChI is InChI=1S/C12H11N3O2/c1-2-11(16)14-9-3-5-10(6-4-9)15-8-7-13-12(15)17/h2-8H,1H2,(H,13,17)(H,14,16). The normalized spacial score (nSPS) is 9.88. The molecule has 0 aliphatic carbocycles. The Morgan fingerprint density at radius 1 is 1.35 bits per heavy atom. The van der Waals surface area contributed by atoms with Crippen LogP contribution in [-0.2, 0) is 4.79 Å². The first kappa shape index (κ1) is 10.9. The largest absolute Gasteiger partial charge is 0.330 e. The van der Waals surface area contributed by atoms with Gasteiger partial charge in [0.05, 0.1) is 5.69 Å². The maximum Gasteiger partial charge on any atom is 0.330 e. The third-order valence-electron chi connectivity index (χ3n) is 2.25. The molecule has 0 spiro atoms. The van der Waals surface area contributed by atoms with Gasteiger partial charge in [0.15, 0.2) is 0 Å². The zero-order valence-electron chi connectivity index (χ0n) is 9.01. The van der Waals surface area contributed by atoms with Crippen molar-refractivity contribution in [3.8, 4) is 5.69 Å². The molecule has 0 unspecified atom stereocenters. The number of benzene rings is 1. The number of hydrogen-bond donors (Lipinski definition) is 2. The summed E-state index contributed by atoms with van der Waals surface area (Å²) in [5, 5.41) is 2.63. The van der Waals surface area contributed by atoms with Gasteiger partial charge in [-0.25, -0.2) is 4.79 Å². The first-order valence-corrected chi connectivity index (χ1v) is 5.00. The molecule has 2 aromatic rings. The summed E-state index contributed by atoms with van der Waals surface area (Å²) in [7, 11) is 0. The molecule has 0 saturated carbocycles. The lowest BCUT2D eigenvalue weighted by molar-refractivity contribution is -0.111. The second kappa shape index (κ2) is 4.52. The summed E-state index contributed by atoms with van der Waals surface area (Å²) < 4.78 is 1.47. The molecule has 0 radical (unpaired) electrons. The number of nitrogens with one attached hydrogen (secondary N) is 2. The van der Waals surface area contributed by atoms with Crippen molar-refractivity contribution < 1.29 is 4.79 Å². The van der Waals surface area contributed by atoms with Crippen LogP contribution in [0.15, 0.2) is 54.1 Å². The van der Waals surface area contributed by atoms with Gasteiger partial charge in [0, 0.05) is 18.1 Å². The molecule has 0 bridgehead atoms. The minimum Gasteiger partial charge on any atom is -0.323 e. The van der Waals surface area contributed by atoms with E-state index in [1.165, 1.54) is 10.6 Å². The van der Waals surface area contributed by atoms with E-state index >= 15 is 0 Å². The maximum absolute atomic E-state index is 11.4. The molecule has 5 heteroatoms. The molecule has 86 valence electrons. The average molecular weight is 229 g/mol. The third kappa shape index (κ3) is 2.34. The van der Waals surface area contributed by atoms with E-state index in [4.69, 9.17) is 0 Å². The molecule has 0 saturated heterocycles. The van der Waals surface area contributed by atoms with E-state index < -0.39 is 0 Å². The monoisotopic (exact) mass is 229 g/mol. The first-order chi connectivity index (χ1) is 8.20. The van der Waals surface area contributed by atoms with Crippen LogP contribution in [0.5, 0.6) is 0 Å². The van der Waals surface area contributed by atoms with Crippen molar-refractivity contribution in [1.82, 2.24) is 9.55 Å². The Morgan fingerprint density at radius 3 is 2.59 bits per heavy atom. The van der Waals surface area contributed by atoms with Crippen molar-refractivity contribution in [3.63, 3.8) is 0 Å². The lowest BCUT2D eigenvalue weighted by Crippen LogP contribution is -2.14. The highest BCUT2D eigenvalue weighted by Crippen LogP contribution is 2.11. The zero-order chi connectivity index (χ0) is 12.3. The van der Waals surface area contributed by atoms with Crippen LogP contribution in [0.4, 0.5) is 5.69 Å². The Labute approximate surface area is 97.4 Å². The summed E-state index contributed by atoms with van der Waals surface area (Å²) in [6.07, 6.45) is 4.40. The van der Waals surface area contributed by atoms with Gasteiger partial charge in [-0.2, -0.15) is 0 Å². The zero-order valence-corrected chi connectivity index (χ0v) is 9.01. The Kier molecular flexibility index (Phi) is 2.91. The summed E-state index contributed by atoms with van der Waals surface area (Å²) in [5.41, 5.74) is 1.18. The molecule has 0 aliphatic rings. The van der Waals surface area contributed by atoms with E-state index in [1.54, 1.807) is 36.7 Å². The Morgan fingerprint density at radius 2 is 2.06 bits per heavy atom. The topological polar surface area (TPSA) is 66.9 Å². The van der Waals surface area contributed by atoms with Crippen molar-refractivity contribution in [2.45, 2.75) is 0 Å². The van der Waals surface area contributed by atoms with Gasteiger partial charge in [-0.1, -0.05) is 6.58 Å². The number of carbonyl (C=O) groups excluding carboxylic acids is 1. The van der Waals surface area contributed by atoms with E-state index in [1.807, 2.05) is 0 Å². The van der Waals surface area contributed by atoms with Crippen LogP contribution in [0.25, 0.3) is 5.69 Å². The van der Waals surface area contributed by atoms with Gasteiger partial charge >= 0.3 is 5.69 Å². The third-order valence-corrected chi connectivity index (χ3v) is 2.25. The van der Waals surface area contributed by atoms with Gasteiger partial charge in [0.25, 0.3) is 0 Å². The molecule has 1 heterocycles. The molecule has 1 aromatic heterocycles. The van der Waals surface area contributed by atoms with Gasteiger partial charge in [-0.15, -0.1) is 0 Å². The van der Waals surface area contributed by atoms with E-state index in [0.717, 1.165) is 5.69 Å². The number of H-pyrrole nitrogens is 1. The summed E-state index contributed by atoms with van der Waals surface area (Å²) in [6, 6.07) is 6.92. The van der Waals surface area contributed by atoms with Gasteiger partial charge in [-0.05, 0) is 30.3 Å². The summed E-state index contributed by atoms with van der Waals surface area (Å²) in [4.78, 5) is 25.0. The second-order valence-electron chi connectivity index (χ2n) is 3.38. The number of nitrogens with zero attached hydrogens (tertiary/aromatic N) is 1. The van der Waals surface area contributed by atoms with Crippen molar-refractivity contribution in [2.24, 2.45) is 0 Å². The first-order valence-electron chi connectivity index (χ1n) is 5.00. The predicted molar refractivity (Wildman–Crippen MR) is 65.2 cm³/mol. The molecule has 1 aromatic carbocycles. The lowest BCUT2D eigenvalue weighted by Gasteiger charge is -2.04. The number of amides is 1. The van der Waals surface area contributed by atoms with Crippen molar-refractivity contribution >= 4 is 11.6 Å². The summed E-state index contributed by atoms with van der Waals surface area (Å²) in [6.45, 7) is 3.36. The van der Waals surface area contributed by atoms with E-state index in [-0.39, 0.29) is 11.6 Å². The highest BCUT2D eigenvalue weighted by Gasteiger charge is 2.01. The van der Waals surface area contributed by atoms with Gasteiger partial charge in [0.2, 0.25) is 5.91 Å². The van der Waals surface area contributed by atoms with Crippen LogP contribution < -0.4 is 11.0 Å². The molecule has 17 heavy (non-hydrogen) atoms. The number of aromatic nitrogens is 2. The molecular formula is C12H11N3O2. The molecule has 5 nitrogen and oxygen atoms in total. The fraction of sp³-hybridized carbons (Fsp3) is 0. The number of hydrogen-bond acceptors (Lipinski definition) is 2. The maximum atomic E-state index is 11.4. The lowest BCUT2D eigenvalue weighted by atomic mass is 10.2. The molecule has 2 N–H and O–H groups in total. The fourth-order valence-corrected chi connectivity index (χ4v) is 1.42. The quantitative estimate of drug-likeness (QED) is 0.779. The van der Waals surface area contributed by atoms with Crippen LogP contribution in [0.2, 0.25) is 0 Å². The highest BCUT2D eigenvalue weighted by molar-refractivity contribution is 5.98. The minimum absolute atomic E-state index is 0.201. The molecule has 0 fully saturated rings. The van der Waals surface area contributed by atoms with E-state index in [9.17, 15) is 9.59 Å². The van der Waals surface area contributed by atoms with Crippen LogP contribution in [0.3, 0.4) is 0 Å². The SMILES string of the molecule is C=CC(=O)Nc1ccc(-n2cc[nH]c2=O)cc1. The number of imidazole rings is 1. The summed E-state index contributed by atoms with van der Waals surface area (Å²) in [5.74, 6) is -0.267. The van der Waals surface area contributed by atoms with Crippen molar-refractivity contribution in [2.75, 3.05) is 5.32 Å². The second-order valence-corrected chi connectivity index (χ2v) is 3.38. The molecule has 0 atom stereocenters. The van der Waals surface area contributed by atoms with Crippen molar-refractivity contribution in [1.29, 1.82) is 0 Å². The molecule has 1 amide bonds. The number of anilines is 1. The minimum atomic E-state index is -0.267. The number of rotatable bonds is 3. The number of carbonyl (C=O) groups is 1. The smallest absolute Gasteiger partial charge is 0.323 e. The van der Waals surface area contributed by atoms with Crippen LogP contribution in [-0.4, -0.2) is 15.5 Å². The Bertz CT molecular complexity index is 593. The molecular weight excluding hydrogens is 218 g/mol. The van der Waals surface area contributed by atoms with Gasteiger partial charge in [-0.3, -0.25) is 9.36 Å². The fourth-order valence-electron chi connectivity index (χ4n) is 1.42.